The van der Waals surface area contributed by atoms with Crippen LogP contribution in [-0.4, -0.2) is 31.7 Å². The third-order valence-corrected chi connectivity index (χ3v) is 2.47. The summed E-state index contributed by atoms with van der Waals surface area (Å²) in [6.07, 6.45) is 3.84. The third-order valence-electron chi connectivity index (χ3n) is 2.47. The normalized spacial score (nSPS) is 12.8. The van der Waals surface area contributed by atoms with Crippen LogP contribution in [0.1, 0.15) is 46.5 Å². The molecule has 4 nitrogen and oxygen atoms in total. The van der Waals surface area contributed by atoms with E-state index in [9.17, 15) is 4.79 Å². The van der Waals surface area contributed by atoms with E-state index >= 15 is 0 Å². The minimum Gasteiger partial charge on any atom is -0.381 e. The molecule has 0 aromatic carbocycles. The smallest absolute Gasteiger partial charge is 0.236 e. The molecule has 17 heavy (non-hydrogen) atoms. The number of carbonyl (C=O) groups excluding carboxylic acids is 1. The van der Waals surface area contributed by atoms with Crippen LogP contribution in [0.3, 0.4) is 0 Å². The molecule has 0 rings (SSSR count). The Hall–Kier alpha value is -0.610. The molecule has 0 aliphatic heterocycles. The molecule has 0 saturated heterocycles. The van der Waals surface area contributed by atoms with Gasteiger partial charge in [0.15, 0.2) is 0 Å². The number of nitrogens with two attached hydrogens (primary N) is 1. The number of nitrogens with one attached hydrogen (secondary N) is 1. The van der Waals surface area contributed by atoms with E-state index in [2.05, 4.69) is 26.1 Å². The van der Waals surface area contributed by atoms with Gasteiger partial charge in [-0.25, -0.2) is 0 Å². The number of unbranched alkanes of at least 4 members (excludes halogenated alkanes) is 1. The molecule has 0 spiro atoms. The average molecular weight is 244 g/mol. The van der Waals surface area contributed by atoms with E-state index < -0.39 is 0 Å². The Labute approximate surface area is 105 Å². The van der Waals surface area contributed by atoms with Gasteiger partial charge in [-0.1, -0.05) is 27.2 Å². The maximum absolute atomic E-state index is 11.5. The Morgan fingerprint density at radius 2 is 1.94 bits per heavy atom. The predicted molar refractivity (Wildman–Crippen MR) is 70.8 cm³/mol. The number of hydrogen-bond acceptors (Lipinski definition) is 3. The molecule has 1 amide bonds. The molecule has 0 radical (unpaired) electrons. The molecule has 0 aliphatic carbocycles. The van der Waals surface area contributed by atoms with Crippen molar-refractivity contribution in [2.24, 2.45) is 11.7 Å². The third kappa shape index (κ3) is 10.3. The minimum absolute atomic E-state index is 0.0488. The molecule has 1 unspecified atom stereocenters. The van der Waals surface area contributed by atoms with Crippen LogP contribution in [0.25, 0.3) is 0 Å². The van der Waals surface area contributed by atoms with Gasteiger partial charge in [0, 0.05) is 19.8 Å². The highest BCUT2D eigenvalue weighted by Crippen LogP contribution is 2.02. The van der Waals surface area contributed by atoms with Crippen molar-refractivity contribution in [3.05, 3.63) is 0 Å². The molecule has 3 N–H and O–H groups in total. The highest BCUT2D eigenvalue weighted by molar-refractivity contribution is 5.81. The second-order valence-corrected chi connectivity index (χ2v) is 4.85. The van der Waals surface area contributed by atoms with E-state index in [1.165, 1.54) is 0 Å². The Kier molecular flexibility index (Phi) is 10.2. The van der Waals surface area contributed by atoms with E-state index in [1.54, 1.807) is 0 Å². The van der Waals surface area contributed by atoms with Crippen LogP contribution in [0.4, 0.5) is 0 Å². The van der Waals surface area contributed by atoms with Crippen LogP contribution < -0.4 is 11.1 Å². The predicted octanol–water partition coefficient (Wildman–Crippen LogP) is 1.68. The van der Waals surface area contributed by atoms with Gasteiger partial charge in [0.1, 0.15) is 0 Å². The molecule has 0 aromatic heterocycles. The highest BCUT2D eigenvalue weighted by atomic mass is 16.5. The zero-order chi connectivity index (χ0) is 13.1. The Morgan fingerprint density at radius 3 is 2.53 bits per heavy atom. The van der Waals surface area contributed by atoms with Gasteiger partial charge in [0.05, 0.1) is 6.04 Å². The SMILES string of the molecule is CCCCOCCCNC(=O)C(N)CC(C)C. The second-order valence-electron chi connectivity index (χ2n) is 4.85. The number of hydrogen-bond donors (Lipinski definition) is 2. The van der Waals surface area contributed by atoms with Crippen LogP contribution in [0.2, 0.25) is 0 Å². The summed E-state index contributed by atoms with van der Waals surface area (Å²) in [5.74, 6) is 0.403. The minimum atomic E-state index is -0.379. The van der Waals surface area contributed by atoms with Crippen molar-refractivity contribution >= 4 is 5.91 Å². The van der Waals surface area contributed by atoms with E-state index in [0.29, 0.717) is 19.1 Å². The van der Waals surface area contributed by atoms with Crippen molar-refractivity contribution in [1.82, 2.24) is 5.32 Å². The van der Waals surface area contributed by atoms with Crippen LogP contribution in [-0.2, 0) is 9.53 Å². The zero-order valence-electron chi connectivity index (χ0n) is 11.5. The molecule has 0 bridgehead atoms. The fraction of sp³-hybridized carbons (Fsp3) is 0.923. The fourth-order valence-electron chi connectivity index (χ4n) is 1.48. The first kappa shape index (κ1) is 16.4. The van der Waals surface area contributed by atoms with Gasteiger partial charge >= 0.3 is 0 Å². The average Bonchev–Trinajstić information content (AvgIpc) is 2.26. The van der Waals surface area contributed by atoms with Crippen LogP contribution in [0.5, 0.6) is 0 Å². The summed E-state index contributed by atoms with van der Waals surface area (Å²) < 4.78 is 5.40. The molecule has 102 valence electrons. The summed E-state index contributed by atoms with van der Waals surface area (Å²) in [6, 6.07) is -0.379. The molecule has 1 atom stereocenters. The standard InChI is InChI=1S/C13H28N2O2/c1-4-5-8-17-9-6-7-15-13(16)12(14)10-11(2)3/h11-12H,4-10,14H2,1-3H3,(H,15,16). The van der Waals surface area contributed by atoms with Crippen molar-refractivity contribution in [3.63, 3.8) is 0 Å². The Balaban J connectivity index is 3.38. The maximum atomic E-state index is 11.5. The lowest BCUT2D eigenvalue weighted by atomic mass is 10.0. The summed E-state index contributed by atoms with van der Waals surface area (Å²) in [5, 5.41) is 2.83. The molecule has 0 fully saturated rings. The van der Waals surface area contributed by atoms with Gasteiger partial charge in [0.25, 0.3) is 0 Å². The maximum Gasteiger partial charge on any atom is 0.236 e. The Morgan fingerprint density at radius 1 is 1.29 bits per heavy atom. The van der Waals surface area contributed by atoms with Gasteiger partial charge in [-0.2, -0.15) is 0 Å². The van der Waals surface area contributed by atoms with Crippen molar-refractivity contribution in [2.75, 3.05) is 19.8 Å². The monoisotopic (exact) mass is 244 g/mol. The first-order valence-electron chi connectivity index (χ1n) is 6.69. The number of amides is 1. The van der Waals surface area contributed by atoms with Crippen LogP contribution >= 0.6 is 0 Å². The summed E-state index contributed by atoms with van der Waals surface area (Å²) >= 11 is 0. The van der Waals surface area contributed by atoms with E-state index in [0.717, 1.165) is 32.3 Å². The summed E-state index contributed by atoms with van der Waals surface area (Å²) in [6.45, 7) is 8.44. The zero-order valence-corrected chi connectivity index (χ0v) is 11.5. The van der Waals surface area contributed by atoms with E-state index in [4.69, 9.17) is 10.5 Å². The summed E-state index contributed by atoms with van der Waals surface area (Å²) in [5.41, 5.74) is 5.76. The molecular weight excluding hydrogens is 216 g/mol. The van der Waals surface area contributed by atoms with Crippen molar-refractivity contribution in [2.45, 2.75) is 52.5 Å². The van der Waals surface area contributed by atoms with Gasteiger partial charge in [0.2, 0.25) is 5.91 Å². The van der Waals surface area contributed by atoms with Crippen molar-refractivity contribution < 1.29 is 9.53 Å². The van der Waals surface area contributed by atoms with Crippen molar-refractivity contribution in [3.8, 4) is 0 Å². The first-order valence-corrected chi connectivity index (χ1v) is 6.69. The molecule has 0 aromatic rings. The molecule has 0 heterocycles. The van der Waals surface area contributed by atoms with Gasteiger partial charge in [-0.3, -0.25) is 4.79 Å². The number of rotatable bonds is 10. The number of ether oxygens (including phenoxy) is 1. The molecule has 4 heteroatoms. The van der Waals surface area contributed by atoms with Gasteiger partial charge in [-0.05, 0) is 25.2 Å². The second kappa shape index (κ2) is 10.5. The lowest BCUT2D eigenvalue weighted by molar-refractivity contribution is -0.122. The lowest BCUT2D eigenvalue weighted by Crippen LogP contribution is -2.41. The quantitative estimate of drug-likeness (QED) is 0.575. The van der Waals surface area contributed by atoms with E-state index in [-0.39, 0.29) is 11.9 Å². The molecule has 0 aliphatic rings. The van der Waals surface area contributed by atoms with Crippen LogP contribution in [0.15, 0.2) is 0 Å². The van der Waals surface area contributed by atoms with Crippen LogP contribution in [0, 0.1) is 5.92 Å². The fourth-order valence-corrected chi connectivity index (χ4v) is 1.48. The highest BCUT2D eigenvalue weighted by Gasteiger charge is 2.13. The van der Waals surface area contributed by atoms with Gasteiger partial charge < -0.3 is 15.8 Å². The van der Waals surface area contributed by atoms with Crippen molar-refractivity contribution in [1.29, 1.82) is 0 Å². The molecular formula is C13H28N2O2. The first-order chi connectivity index (χ1) is 8.07. The topological polar surface area (TPSA) is 64.3 Å². The lowest BCUT2D eigenvalue weighted by Gasteiger charge is -2.14. The summed E-state index contributed by atoms with van der Waals surface area (Å²) in [4.78, 5) is 11.5. The molecule has 0 saturated carbocycles. The largest absolute Gasteiger partial charge is 0.381 e. The van der Waals surface area contributed by atoms with E-state index in [1.807, 2.05) is 0 Å². The Bertz CT molecular complexity index is 196. The number of carbonyl (C=O) groups is 1. The van der Waals surface area contributed by atoms with Gasteiger partial charge in [-0.15, -0.1) is 0 Å². The summed E-state index contributed by atoms with van der Waals surface area (Å²) in [7, 11) is 0.